The molecule has 222 valence electrons. The molecule has 0 bridgehead atoms. The fourth-order valence-corrected chi connectivity index (χ4v) is 4.65. The first-order chi connectivity index (χ1) is 20.9. The molecule has 0 amide bonds. The van der Waals surface area contributed by atoms with Gasteiger partial charge in [0.15, 0.2) is 0 Å². The summed E-state index contributed by atoms with van der Waals surface area (Å²) in [6.07, 6.45) is 19.1. The minimum absolute atomic E-state index is 0.729. The molecule has 3 nitrogen and oxygen atoms in total. The highest BCUT2D eigenvalue weighted by atomic mass is 35.5. The normalized spacial score (nSPS) is 12.9. The van der Waals surface area contributed by atoms with E-state index < -0.39 is 0 Å². The van der Waals surface area contributed by atoms with Crippen LogP contribution in [0.3, 0.4) is 0 Å². The van der Waals surface area contributed by atoms with Gasteiger partial charge >= 0.3 is 0 Å². The Morgan fingerprint density at radius 2 is 1.14 bits per heavy atom. The molecule has 0 unspecified atom stereocenters. The Bertz CT molecular complexity index is 1510. The van der Waals surface area contributed by atoms with Crippen molar-refractivity contribution in [3.8, 4) is 0 Å². The molecular formula is C39H44ClN3. The quantitative estimate of drug-likeness (QED) is 0.231. The highest BCUT2D eigenvalue weighted by molar-refractivity contribution is 6.30. The summed E-state index contributed by atoms with van der Waals surface area (Å²) in [5, 5.41) is 0.729. The van der Waals surface area contributed by atoms with Gasteiger partial charge < -0.3 is 9.80 Å². The molecule has 1 aliphatic carbocycles. The van der Waals surface area contributed by atoms with Crippen LogP contribution < -0.4 is 9.80 Å². The number of anilines is 2. The Morgan fingerprint density at radius 3 is 1.63 bits per heavy atom. The van der Waals surface area contributed by atoms with E-state index >= 15 is 0 Å². The molecular weight excluding hydrogens is 546 g/mol. The summed E-state index contributed by atoms with van der Waals surface area (Å²) in [6.45, 7) is 6.83. The van der Waals surface area contributed by atoms with E-state index in [4.69, 9.17) is 11.6 Å². The molecule has 0 radical (unpaired) electrons. The molecule has 0 saturated carbocycles. The predicted molar refractivity (Wildman–Crippen MR) is 193 cm³/mol. The fourth-order valence-electron chi connectivity index (χ4n) is 4.52. The molecule has 0 aromatic heterocycles. The highest BCUT2D eigenvalue weighted by Gasteiger charge is 2.08. The first kappa shape index (κ1) is 33.2. The van der Waals surface area contributed by atoms with Gasteiger partial charge in [-0.05, 0) is 88.9 Å². The van der Waals surface area contributed by atoms with Gasteiger partial charge in [-0.2, -0.15) is 0 Å². The number of allylic oxidation sites excluding steroid dienone is 11. The molecule has 4 heteroatoms. The number of halogens is 1. The molecule has 43 heavy (non-hydrogen) atoms. The monoisotopic (exact) mass is 589 g/mol. The van der Waals surface area contributed by atoms with Crippen molar-refractivity contribution >= 4 is 39.8 Å². The third-order valence-electron chi connectivity index (χ3n) is 6.81. The second-order valence-corrected chi connectivity index (χ2v) is 10.6. The van der Waals surface area contributed by atoms with Crippen LogP contribution in [-0.4, -0.2) is 40.4 Å². The number of rotatable bonds is 9. The Kier molecular flexibility index (Phi) is 13.1. The van der Waals surface area contributed by atoms with Gasteiger partial charge in [-0.25, -0.2) is 0 Å². The van der Waals surface area contributed by atoms with E-state index in [0.29, 0.717) is 0 Å². The summed E-state index contributed by atoms with van der Waals surface area (Å²) in [4.78, 5) is 8.74. The summed E-state index contributed by atoms with van der Waals surface area (Å²) in [5.41, 5.74) is 10.2. The van der Waals surface area contributed by atoms with Crippen LogP contribution in [0.25, 0.3) is 11.1 Å². The number of aliphatic imine (C=N–C) groups is 1. The zero-order chi connectivity index (χ0) is 31.2. The lowest BCUT2D eigenvalue weighted by Gasteiger charge is -2.14. The molecule has 0 N–H and O–H groups in total. The van der Waals surface area contributed by atoms with Gasteiger partial charge in [0.25, 0.3) is 0 Å². The molecule has 1 aliphatic rings. The summed E-state index contributed by atoms with van der Waals surface area (Å²) in [7, 11) is 8.22. The summed E-state index contributed by atoms with van der Waals surface area (Å²) < 4.78 is 0. The average Bonchev–Trinajstić information content (AvgIpc) is 3.03. The Morgan fingerprint density at radius 1 is 0.651 bits per heavy atom. The first-order valence-electron chi connectivity index (χ1n) is 14.9. The maximum absolute atomic E-state index is 6.18. The van der Waals surface area contributed by atoms with Crippen LogP contribution in [0.15, 0.2) is 138 Å². The van der Waals surface area contributed by atoms with Gasteiger partial charge in [-0.3, -0.25) is 4.99 Å². The summed E-state index contributed by atoms with van der Waals surface area (Å²) in [6, 6.07) is 25.3. The minimum Gasteiger partial charge on any atom is -0.378 e. The van der Waals surface area contributed by atoms with Crippen LogP contribution >= 0.6 is 11.6 Å². The Labute approximate surface area is 264 Å². The summed E-state index contributed by atoms with van der Waals surface area (Å²) >= 11 is 6.18. The highest BCUT2D eigenvalue weighted by Crippen LogP contribution is 2.28. The molecule has 3 aromatic carbocycles. The van der Waals surface area contributed by atoms with E-state index in [-0.39, 0.29) is 0 Å². The topological polar surface area (TPSA) is 18.8 Å². The van der Waals surface area contributed by atoms with E-state index in [1.165, 1.54) is 16.9 Å². The lowest BCUT2D eigenvalue weighted by molar-refractivity contribution is 1.13. The standard InChI is InChI=1S/C37H38ClN3.C2H6/c1-6-39-33-22-14-29(15-23-33)37(31-18-26-35(27-19-31)41(4)5)11-9-7-8-10-36(28-12-20-32(38)21-13-28)30-16-24-34(25-17-30)40(2)3;1-2/h7-27H,6H2,1-5H3;1-2H3. The van der Waals surface area contributed by atoms with Crippen molar-refractivity contribution in [1.29, 1.82) is 0 Å². The fraction of sp³-hybridized carbons (Fsp3) is 0.205. The van der Waals surface area contributed by atoms with Crippen molar-refractivity contribution in [3.05, 3.63) is 155 Å². The SMILES string of the molecule is CC.CCN=C1C=CC(=C(C=CC=CC=C(c2ccc(Cl)cc2)c2ccc(N(C)C)cc2)c2ccc(N(C)C)cc2)C=C1. The van der Waals surface area contributed by atoms with Crippen LogP contribution in [0.2, 0.25) is 5.02 Å². The summed E-state index contributed by atoms with van der Waals surface area (Å²) in [5.74, 6) is 0. The van der Waals surface area contributed by atoms with Crippen LogP contribution in [0.5, 0.6) is 0 Å². The molecule has 0 spiro atoms. The van der Waals surface area contributed by atoms with Crippen molar-refractivity contribution in [1.82, 2.24) is 0 Å². The molecule has 4 rings (SSSR count). The average molecular weight is 590 g/mol. The maximum Gasteiger partial charge on any atom is 0.0574 e. The van der Waals surface area contributed by atoms with Crippen molar-refractivity contribution in [2.24, 2.45) is 4.99 Å². The van der Waals surface area contributed by atoms with E-state index in [2.05, 4.69) is 165 Å². The van der Waals surface area contributed by atoms with E-state index in [9.17, 15) is 0 Å². The zero-order valence-corrected chi connectivity index (χ0v) is 27.3. The molecule has 0 saturated heterocycles. The minimum atomic E-state index is 0.729. The number of hydrogen-bond acceptors (Lipinski definition) is 3. The van der Waals surface area contributed by atoms with Crippen LogP contribution in [0, 0.1) is 0 Å². The van der Waals surface area contributed by atoms with Crippen molar-refractivity contribution in [2.75, 3.05) is 44.5 Å². The molecule has 0 fully saturated rings. The van der Waals surface area contributed by atoms with Gasteiger partial charge in [-0.1, -0.05) is 104 Å². The smallest absolute Gasteiger partial charge is 0.0574 e. The molecule has 0 aliphatic heterocycles. The number of benzene rings is 3. The third-order valence-corrected chi connectivity index (χ3v) is 7.06. The third kappa shape index (κ3) is 9.59. The zero-order valence-electron chi connectivity index (χ0n) is 26.6. The van der Waals surface area contributed by atoms with Crippen LogP contribution in [0.4, 0.5) is 11.4 Å². The van der Waals surface area contributed by atoms with Gasteiger partial charge in [0, 0.05) is 51.1 Å². The first-order valence-corrected chi connectivity index (χ1v) is 15.2. The lowest BCUT2D eigenvalue weighted by Crippen LogP contribution is -2.08. The molecule has 0 atom stereocenters. The van der Waals surface area contributed by atoms with Gasteiger partial charge in [0.05, 0.1) is 5.71 Å². The Balaban J connectivity index is 0.00000248. The second-order valence-electron chi connectivity index (χ2n) is 10.1. The lowest BCUT2D eigenvalue weighted by atomic mass is 9.95. The largest absolute Gasteiger partial charge is 0.378 e. The van der Waals surface area contributed by atoms with Crippen LogP contribution in [0.1, 0.15) is 37.5 Å². The van der Waals surface area contributed by atoms with E-state index in [1.807, 2.05) is 26.0 Å². The van der Waals surface area contributed by atoms with Crippen LogP contribution in [-0.2, 0) is 0 Å². The van der Waals surface area contributed by atoms with Crippen molar-refractivity contribution < 1.29 is 0 Å². The predicted octanol–water partition coefficient (Wildman–Crippen LogP) is 10.1. The van der Waals surface area contributed by atoms with Crippen molar-refractivity contribution in [2.45, 2.75) is 20.8 Å². The number of nitrogens with zero attached hydrogens (tertiary/aromatic N) is 3. The maximum atomic E-state index is 6.18. The van der Waals surface area contributed by atoms with Gasteiger partial charge in [0.1, 0.15) is 0 Å². The van der Waals surface area contributed by atoms with Gasteiger partial charge in [0.2, 0.25) is 0 Å². The second kappa shape index (κ2) is 16.9. The van der Waals surface area contributed by atoms with E-state index in [1.54, 1.807) is 0 Å². The molecule has 0 heterocycles. The number of hydrogen-bond donors (Lipinski definition) is 0. The van der Waals surface area contributed by atoms with Crippen molar-refractivity contribution in [3.63, 3.8) is 0 Å². The molecule has 3 aromatic rings. The van der Waals surface area contributed by atoms with Gasteiger partial charge in [-0.15, -0.1) is 0 Å². The Hall–Kier alpha value is -4.34. The van der Waals surface area contributed by atoms with E-state index in [0.717, 1.165) is 45.1 Å².